The van der Waals surface area contributed by atoms with E-state index in [0.29, 0.717) is 6.54 Å². The molecule has 0 spiro atoms. The minimum Gasteiger partial charge on any atom is -0.378 e. The van der Waals surface area contributed by atoms with Gasteiger partial charge in [-0.2, -0.15) is 0 Å². The summed E-state index contributed by atoms with van der Waals surface area (Å²) in [5, 5.41) is 0. The van der Waals surface area contributed by atoms with Crippen LogP contribution in [-0.4, -0.2) is 43.2 Å². The van der Waals surface area contributed by atoms with Crippen molar-refractivity contribution in [3.63, 3.8) is 0 Å². The Kier molecular flexibility index (Phi) is 3.98. The highest BCUT2D eigenvalue weighted by atomic mass is 19.3. The molecule has 4 heteroatoms. The van der Waals surface area contributed by atoms with Crippen molar-refractivity contribution < 1.29 is 13.5 Å². The van der Waals surface area contributed by atoms with Gasteiger partial charge in [-0.25, -0.2) is 8.78 Å². The molecule has 2 aliphatic rings. The van der Waals surface area contributed by atoms with Gasteiger partial charge in [0, 0.05) is 13.0 Å². The molecule has 1 heterocycles. The SMILES string of the molecule is CC1CCN(CC2(COC(C)C)CC2(F)F)CC1. The zero-order chi connectivity index (χ0) is 13.4. The molecule has 0 bridgehead atoms. The smallest absolute Gasteiger partial charge is 0.258 e. The van der Waals surface area contributed by atoms with Gasteiger partial charge < -0.3 is 9.64 Å². The molecular weight excluding hydrogens is 236 g/mol. The van der Waals surface area contributed by atoms with Crippen LogP contribution < -0.4 is 0 Å². The maximum Gasteiger partial charge on any atom is 0.258 e. The average Bonchev–Trinajstić information content (AvgIpc) is 2.82. The highest BCUT2D eigenvalue weighted by Gasteiger charge is 2.71. The van der Waals surface area contributed by atoms with Crippen molar-refractivity contribution in [2.45, 2.75) is 52.1 Å². The Morgan fingerprint density at radius 1 is 1.28 bits per heavy atom. The molecule has 0 aromatic carbocycles. The fourth-order valence-corrected chi connectivity index (χ4v) is 2.73. The maximum atomic E-state index is 13.6. The van der Waals surface area contributed by atoms with Gasteiger partial charge in [0.1, 0.15) is 0 Å². The number of piperidine rings is 1. The average molecular weight is 261 g/mol. The first-order valence-corrected chi connectivity index (χ1v) is 7.06. The molecule has 106 valence electrons. The van der Waals surface area contributed by atoms with Crippen LogP contribution in [0.1, 0.15) is 40.0 Å². The third-order valence-corrected chi connectivity index (χ3v) is 4.31. The van der Waals surface area contributed by atoms with Crippen molar-refractivity contribution >= 4 is 0 Å². The van der Waals surface area contributed by atoms with Crippen LogP contribution in [0.4, 0.5) is 8.78 Å². The van der Waals surface area contributed by atoms with Gasteiger partial charge >= 0.3 is 0 Å². The summed E-state index contributed by atoms with van der Waals surface area (Å²) in [6.45, 7) is 8.65. The highest BCUT2D eigenvalue weighted by molar-refractivity contribution is 5.12. The zero-order valence-electron chi connectivity index (χ0n) is 11.7. The number of hydrogen-bond acceptors (Lipinski definition) is 2. The van der Waals surface area contributed by atoms with Crippen LogP contribution in [0.25, 0.3) is 0 Å². The van der Waals surface area contributed by atoms with E-state index in [-0.39, 0.29) is 19.1 Å². The van der Waals surface area contributed by atoms with Crippen LogP contribution in [0.2, 0.25) is 0 Å². The van der Waals surface area contributed by atoms with Crippen LogP contribution in [0.5, 0.6) is 0 Å². The molecule has 0 aromatic heterocycles. The number of halogens is 2. The molecule has 18 heavy (non-hydrogen) atoms. The van der Waals surface area contributed by atoms with Crippen LogP contribution in [0, 0.1) is 11.3 Å². The van der Waals surface area contributed by atoms with E-state index in [0.717, 1.165) is 31.8 Å². The molecule has 1 saturated carbocycles. The van der Waals surface area contributed by atoms with Gasteiger partial charge in [0.15, 0.2) is 0 Å². The Balaban J connectivity index is 1.88. The summed E-state index contributed by atoms with van der Waals surface area (Å²) in [4.78, 5) is 2.20. The van der Waals surface area contributed by atoms with E-state index in [2.05, 4.69) is 11.8 Å². The van der Waals surface area contributed by atoms with Gasteiger partial charge in [0.05, 0.1) is 18.1 Å². The number of nitrogens with zero attached hydrogens (tertiary/aromatic N) is 1. The number of hydrogen-bond donors (Lipinski definition) is 0. The molecule has 1 atom stereocenters. The molecule has 0 radical (unpaired) electrons. The molecule has 1 aliphatic heterocycles. The molecule has 1 aliphatic carbocycles. The lowest BCUT2D eigenvalue weighted by atomic mass is 9.97. The Bertz CT molecular complexity index is 288. The minimum absolute atomic E-state index is 0.00122. The lowest BCUT2D eigenvalue weighted by Gasteiger charge is -2.33. The summed E-state index contributed by atoms with van der Waals surface area (Å²) < 4.78 is 32.7. The van der Waals surface area contributed by atoms with Crippen molar-refractivity contribution in [2.24, 2.45) is 11.3 Å². The quantitative estimate of drug-likeness (QED) is 0.753. The molecular formula is C14H25F2NO. The predicted octanol–water partition coefficient (Wildman–Crippen LogP) is 3.17. The lowest BCUT2D eigenvalue weighted by Crippen LogP contribution is -2.40. The largest absolute Gasteiger partial charge is 0.378 e. The van der Waals surface area contributed by atoms with Crippen LogP contribution >= 0.6 is 0 Å². The summed E-state index contributed by atoms with van der Waals surface area (Å²) in [5.41, 5.74) is -0.905. The van der Waals surface area contributed by atoms with E-state index in [1.165, 1.54) is 0 Å². The molecule has 1 saturated heterocycles. The van der Waals surface area contributed by atoms with Crippen molar-refractivity contribution in [1.82, 2.24) is 4.90 Å². The van der Waals surface area contributed by atoms with Gasteiger partial charge in [0.2, 0.25) is 0 Å². The van der Waals surface area contributed by atoms with Gasteiger partial charge in [-0.3, -0.25) is 0 Å². The third-order valence-electron chi connectivity index (χ3n) is 4.31. The second-order valence-electron chi connectivity index (χ2n) is 6.48. The van der Waals surface area contributed by atoms with E-state index in [9.17, 15) is 8.78 Å². The van der Waals surface area contributed by atoms with E-state index >= 15 is 0 Å². The minimum atomic E-state index is -2.52. The predicted molar refractivity (Wildman–Crippen MR) is 67.9 cm³/mol. The van der Waals surface area contributed by atoms with Crippen LogP contribution in [0.3, 0.4) is 0 Å². The Morgan fingerprint density at radius 3 is 2.28 bits per heavy atom. The molecule has 0 aromatic rings. The van der Waals surface area contributed by atoms with Gasteiger partial charge in [-0.1, -0.05) is 6.92 Å². The summed E-state index contributed by atoms with van der Waals surface area (Å²) in [6.07, 6.45) is 2.29. The first kappa shape index (κ1) is 14.2. The Hall–Kier alpha value is -0.220. The van der Waals surface area contributed by atoms with Gasteiger partial charge in [0.25, 0.3) is 5.92 Å². The fourth-order valence-electron chi connectivity index (χ4n) is 2.73. The van der Waals surface area contributed by atoms with E-state index in [1.54, 1.807) is 0 Å². The maximum absolute atomic E-state index is 13.6. The first-order valence-electron chi connectivity index (χ1n) is 7.06. The van der Waals surface area contributed by atoms with Crippen LogP contribution in [-0.2, 0) is 4.74 Å². The fraction of sp³-hybridized carbons (Fsp3) is 1.00. The normalized spacial score (nSPS) is 33.0. The van der Waals surface area contributed by atoms with E-state index in [4.69, 9.17) is 4.74 Å². The number of likely N-dealkylation sites (tertiary alicyclic amines) is 1. The monoisotopic (exact) mass is 261 g/mol. The summed E-state index contributed by atoms with van der Waals surface area (Å²) in [5.74, 6) is -1.78. The number of alkyl halides is 2. The Morgan fingerprint density at radius 2 is 1.83 bits per heavy atom. The molecule has 2 rings (SSSR count). The highest BCUT2D eigenvalue weighted by Crippen LogP contribution is 2.61. The van der Waals surface area contributed by atoms with Crippen molar-refractivity contribution in [3.8, 4) is 0 Å². The zero-order valence-corrected chi connectivity index (χ0v) is 11.7. The molecule has 1 unspecified atom stereocenters. The van der Waals surface area contributed by atoms with Crippen molar-refractivity contribution in [1.29, 1.82) is 0 Å². The van der Waals surface area contributed by atoms with Crippen molar-refractivity contribution in [2.75, 3.05) is 26.2 Å². The Labute approximate surface area is 109 Å². The second kappa shape index (κ2) is 5.04. The van der Waals surface area contributed by atoms with Crippen molar-refractivity contribution in [3.05, 3.63) is 0 Å². The first-order chi connectivity index (χ1) is 8.35. The number of rotatable bonds is 5. The van der Waals surface area contributed by atoms with Crippen LogP contribution in [0.15, 0.2) is 0 Å². The van der Waals surface area contributed by atoms with E-state index in [1.807, 2.05) is 13.8 Å². The topological polar surface area (TPSA) is 12.5 Å². The van der Waals surface area contributed by atoms with Gasteiger partial charge in [-0.15, -0.1) is 0 Å². The second-order valence-corrected chi connectivity index (χ2v) is 6.48. The molecule has 0 amide bonds. The lowest BCUT2D eigenvalue weighted by molar-refractivity contribution is -0.0281. The summed E-state index contributed by atoms with van der Waals surface area (Å²) >= 11 is 0. The molecule has 2 nitrogen and oxygen atoms in total. The number of ether oxygens (including phenoxy) is 1. The van der Waals surface area contributed by atoms with Gasteiger partial charge in [-0.05, 0) is 45.7 Å². The summed E-state index contributed by atoms with van der Waals surface area (Å²) in [6, 6.07) is 0. The summed E-state index contributed by atoms with van der Waals surface area (Å²) in [7, 11) is 0. The standard InChI is InChI=1S/C14H25F2NO/c1-11(2)18-10-13(8-14(13,15)16)9-17-6-4-12(3)5-7-17/h11-12H,4-10H2,1-3H3. The van der Waals surface area contributed by atoms with E-state index < -0.39 is 11.3 Å². The molecule has 2 fully saturated rings. The third kappa shape index (κ3) is 3.02. The molecule has 0 N–H and O–H groups in total.